The van der Waals surface area contributed by atoms with Crippen molar-refractivity contribution in [3.63, 3.8) is 0 Å². The molecule has 1 fully saturated rings. The van der Waals surface area contributed by atoms with Gasteiger partial charge in [-0.3, -0.25) is 0 Å². The number of benzene rings is 8. The first kappa shape index (κ1) is 35.3. The number of para-hydroxylation sites is 2. The van der Waals surface area contributed by atoms with Crippen molar-refractivity contribution >= 4 is 51.6 Å². The SMILES string of the molecule is CC1(C)OB(c2ccc(N(c3ccc(-c4cccc5c4oc4ccccc45)cc3)c3ccc4c(c3)C3(c5ccccc5-c5ccccc53)c3ccccc3-4)cc2)OC1(C)C. The van der Waals surface area contributed by atoms with Gasteiger partial charge in [0.15, 0.2) is 0 Å². The molecule has 0 saturated carbocycles. The third-order valence-electron chi connectivity index (χ3n) is 13.8. The van der Waals surface area contributed by atoms with Crippen LogP contribution in [0.15, 0.2) is 186 Å². The van der Waals surface area contributed by atoms with Gasteiger partial charge in [-0.1, -0.05) is 140 Å². The lowest BCUT2D eigenvalue weighted by molar-refractivity contribution is 0.00578. The van der Waals surface area contributed by atoms with Gasteiger partial charge in [0.25, 0.3) is 0 Å². The van der Waals surface area contributed by atoms with E-state index in [0.717, 1.165) is 55.6 Å². The predicted molar refractivity (Wildman–Crippen MR) is 246 cm³/mol. The molecule has 0 amide bonds. The Hall–Kier alpha value is -6.66. The first-order valence-electron chi connectivity index (χ1n) is 20.9. The van der Waals surface area contributed by atoms with Gasteiger partial charge in [-0.15, -0.1) is 0 Å². The first-order chi connectivity index (χ1) is 29.2. The van der Waals surface area contributed by atoms with Gasteiger partial charge < -0.3 is 18.6 Å². The van der Waals surface area contributed by atoms with E-state index in [1.54, 1.807) is 0 Å². The Morgan fingerprint density at radius 2 is 0.900 bits per heavy atom. The van der Waals surface area contributed by atoms with Gasteiger partial charge in [-0.25, -0.2) is 0 Å². The van der Waals surface area contributed by atoms with Crippen LogP contribution in [0.4, 0.5) is 17.1 Å². The van der Waals surface area contributed by atoms with Crippen LogP contribution in [0, 0.1) is 0 Å². The zero-order chi connectivity index (χ0) is 40.4. The summed E-state index contributed by atoms with van der Waals surface area (Å²) < 4.78 is 19.4. The molecule has 1 saturated heterocycles. The van der Waals surface area contributed by atoms with Crippen LogP contribution >= 0.6 is 0 Å². The van der Waals surface area contributed by atoms with Crippen molar-refractivity contribution in [2.24, 2.45) is 0 Å². The van der Waals surface area contributed by atoms with Crippen molar-refractivity contribution < 1.29 is 13.7 Å². The summed E-state index contributed by atoms with van der Waals surface area (Å²) in [5.41, 5.74) is 17.3. The summed E-state index contributed by atoms with van der Waals surface area (Å²) in [6, 6.07) is 66.3. The van der Waals surface area contributed by atoms with Crippen LogP contribution < -0.4 is 10.4 Å². The quantitative estimate of drug-likeness (QED) is 0.163. The monoisotopic (exact) mass is 775 g/mol. The van der Waals surface area contributed by atoms with Gasteiger partial charge in [0.1, 0.15) is 11.2 Å². The van der Waals surface area contributed by atoms with Crippen molar-refractivity contribution in [3.05, 3.63) is 204 Å². The molecule has 5 heteroatoms. The van der Waals surface area contributed by atoms with Crippen molar-refractivity contribution in [2.75, 3.05) is 4.90 Å². The van der Waals surface area contributed by atoms with E-state index in [-0.39, 0.29) is 0 Å². The van der Waals surface area contributed by atoms with E-state index in [1.165, 1.54) is 44.5 Å². The van der Waals surface area contributed by atoms with Crippen molar-refractivity contribution in [1.29, 1.82) is 0 Å². The summed E-state index contributed by atoms with van der Waals surface area (Å²) in [5, 5.41) is 2.25. The van der Waals surface area contributed by atoms with E-state index < -0.39 is 23.7 Å². The average molecular weight is 776 g/mol. The van der Waals surface area contributed by atoms with Gasteiger partial charge >= 0.3 is 7.12 Å². The van der Waals surface area contributed by atoms with E-state index >= 15 is 0 Å². The second-order valence-corrected chi connectivity index (χ2v) is 17.5. The molecule has 0 radical (unpaired) electrons. The zero-order valence-electron chi connectivity index (χ0n) is 34.1. The molecule has 0 bridgehead atoms. The highest BCUT2D eigenvalue weighted by molar-refractivity contribution is 6.62. The molecule has 0 atom stereocenters. The minimum Gasteiger partial charge on any atom is -0.455 e. The van der Waals surface area contributed by atoms with Crippen molar-refractivity contribution in [3.8, 4) is 33.4 Å². The fourth-order valence-electron chi connectivity index (χ4n) is 10.2. The molecule has 2 aliphatic carbocycles. The fraction of sp³-hybridized carbons (Fsp3) is 0.127. The van der Waals surface area contributed by atoms with Gasteiger partial charge in [0.2, 0.25) is 0 Å². The van der Waals surface area contributed by atoms with Gasteiger partial charge in [-0.2, -0.15) is 0 Å². The third kappa shape index (κ3) is 4.88. The molecule has 12 rings (SSSR count). The van der Waals surface area contributed by atoms with Crippen LogP contribution in [0.2, 0.25) is 0 Å². The second-order valence-electron chi connectivity index (χ2n) is 17.5. The Bertz CT molecular complexity index is 3100. The molecule has 288 valence electrons. The first-order valence-corrected chi connectivity index (χ1v) is 20.9. The van der Waals surface area contributed by atoms with E-state index in [1.807, 2.05) is 12.1 Å². The number of rotatable bonds is 5. The molecular weight excluding hydrogens is 733 g/mol. The molecule has 1 aromatic heterocycles. The summed E-state index contributed by atoms with van der Waals surface area (Å²) in [6.07, 6.45) is 0. The summed E-state index contributed by atoms with van der Waals surface area (Å²) >= 11 is 0. The summed E-state index contributed by atoms with van der Waals surface area (Å²) in [6.45, 7) is 8.39. The number of fused-ring (bicyclic) bond motifs is 13. The summed E-state index contributed by atoms with van der Waals surface area (Å²) in [5.74, 6) is 0. The number of furan rings is 1. The third-order valence-corrected chi connectivity index (χ3v) is 13.8. The maximum absolute atomic E-state index is 6.47. The van der Waals surface area contributed by atoms with E-state index in [9.17, 15) is 0 Å². The molecule has 1 spiro atoms. The number of hydrogen-bond donors (Lipinski definition) is 0. The van der Waals surface area contributed by atoms with E-state index in [4.69, 9.17) is 13.7 Å². The van der Waals surface area contributed by atoms with Crippen molar-refractivity contribution in [1.82, 2.24) is 0 Å². The van der Waals surface area contributed by atoms with Crippen LogP contribution in [0.3, 0.4) is 0 Å². The smallest absolute Gasteiger partial charge is 0.455 e. The highest BCUT2D eigenvalue weighted by Gasteiger charge is 2.53. The number of anilines is 3. The summed E-state index contributed by atoms with van der Waals surface area (Å²) in [4.78, 5) is 2.38. The Morgan fingerprint density at radius 3 is 1.52 bits per heavy atom. The fourth-order valence-corrected chi connectivity index (χ4v) is 10.2. The van der Waals surface area contributed by atoms with Crippen LogP contribution in [0.1, 0.15) is 49.9 Å². The molecule has 4 nitrogen and oxygen atoms in total. The minimum absolute atomic E-state index is 0.424. The minimum atomic E-state index is -0.448. The standard InChI is InChI=1S/C55H42BNO3/c1-53(2)54(3,4)60-56(59-53)36-26-30-38(31-27-36)57(37-28-24-35(25-29-37)40-18-13-19-46-45-17-8-12-23-51(45)58-52(40)46)39-32-33-44-43-16-7-11-22-49(43)55(50(44)34-39)47-20-9-5-14-41(47)42-15-6-10-21-48(42)55/h5-34H,1-4H3. The van der Waals surface area contributed by atoms with Crippen molar-refractivity contribution in [2.45, 2.75) is 44.3 Å². The molecule has 0 unspecified atom stereocenters. The van der Waals surface area contributed by atoms with Crippen LogP contribution in [-0.4, -0.2) is 18.3 Å². The Morgan fingerprint density at radius 1 is 0.417 bits per heavy atom. The number of hydrogen-bond acceptors (Lipinski definition) is 4. The maximum Gasteiger partial charge on any atom is 0.494 e. The highest BCUT2D eigenvalue weighted by atomic mass is 16.7. The van der Waals surface area contributed by atoms with Gasteiger partial charge in [0, 0.05) is 33.4 Å². The predicted octanol–water partition coefficient (Wildman–Crippen LogP) is 13.4. The van der Waals surface area contributed by atoms with Crippen LogP contribution in [0.25, 0.3) is 55.3 Å². The van der Waals surface area contributed by atoms with Gasteiger partial charge in [-0.05, 0) is 126 Å². The lowest BCUT2D eigenvalue weighted by Gasteiger charge is -2.32. The molecule has 60 heavy (non-hydrogen) atoms. The molecule has 0 N–H and O–H groups in total. The Balaban J connectivity index is 1.03. The molecule has 3 aliphatic rings. The van der Waals surface area contributed by atoms with Crippen LogP contribution in [0.5, 0.6) is 0 Å². The highest BCUT2D eigenvalue weighted by Crippen LogP contribution is 2.63. The van der Waals surface area contributed by atoms with E-state index in [2.05, 4.69) is 202 Å². The Kier molecular flexibility index (Phi) is 7.46. The van der Waals surface area contributed by atoms with Gasteiger partial charge in [0.05, 0.1) is 16.6 Å². The number of nitrogens with zero attached hydrogens (tertiary/aromatic N) is 1. The normalized spacial score (nSPS) is 16.2. The molecule has 8 aromatic carbocycles. The topological polar surface area (TPSA) is 34.8 Å². The van der Waals surface area contributed by atoms with Crippen LogP contribution in [-0.2, 0) is 14.7 Å². The summed E-state index contributed by atoms with van der Waals surface area (Å²) in [7, 11) is -0.446. The molecule has 2 heterocycles. The van der Waals surface area contributed by atoms with E-state index in [0.29, 0.717) is 0 Å². The zero-order valence-corrected chi connectivity index (χ0v) is 34.1. The second kappa shape index (κ2) is 12.7. The molecule has 1 aliphatic heterocycles. The molecule has 9 aromatic rings. The maximum atomic E-state index is 6.47. The lowest BCUT2D eigenvalue weighted by atomic mass is 9.70. The molecular formula is C55H42BNO3. The Labute approximate surface area is 350 Å². The largest absolute Gasteiger partial charge is 0.494 e. The average Bonchev–Trinajstić information content (AvgIpc) is 3.96. The lowest BCUT2D eigenvalue weighted by Crippen LogP contribution is -2.41.